The van der Waals surface area contributed by atoms with Crippen molar-refractivity contribution < 1.29 is 9.84 Å². The Labute approximate surface area is 140 Å². The fourth-order valence-corrected chi connectivity index (χ4v) is 4.14. The van der Waals surface area contributed by atoms with Gasteiger partial charge in [-0.25, -0.2) is 0 Å². The highest BCUT2D eigenvalue weighted by Gasteiger charge is 2.27. The fraction of sp³-hybridized carbons (Fsp3) is 0.700. The van der Waals surface area contributed by atoms with Gasteiger partial charge in [0.1, 0.15) is 5.75 Å². The van der Waals surface area contributed by atoms with Gasteiger partial charge < -0.3 is 14.7 Å². The molecular formula is C20H31NO2. The van der Waals surface area contributed by atoms with Gasteiger partial charge in [-0.15, -0.1) is 0 Å². The molecule has 0 amide bonds. The van der Waals surface area contributed by atoms with Crippen LogP contribution in [0.15, 0.2) is 24.3 Å². The van der Waals surface area contributed by atoms with Gasteiger partial charge in [0.2, 0.25) is 0 Å². The zero-order valence-corrected chi connectivity index (χ0v) is 14.4. The van der Waals surface area contributed by atoms with E-state index in [1.807, 2.05) is 24.3 Å². The normalized spacial score (nSPS) is 25.2. The zero-order valence-electron chi connectivity index (χ0n) is 14.4. The maximum atomic E-state index is 10.9. The van der Waals surface area contributed by atoms with Crippen molar-refractivity contribution in [3.63, 3.8) is 0 Å². The Balaban J connectivity index is 1.64. The molecule has 1 aliphatic heterocycles. The lowest BCUT2D eigenvalue weighted by atomic mass is 9.88. The van der Waals surface area contributed by atoms with Crippen LogP contribution in [-0.2, 0) is 0 Å². The maximum absolute atomic E-state index is 10.9. The Morgan fingerprint density at radius 3 is 2.70 bits per heavy atom. The molecule has 1 saturated heterocycles. The standard InChI is InChI=1S/C20H31NO2/c1-21-13-7-10-17(14-21)20(22)18-11-5-6-12-19(18)23-15-16-8-3-2-4-9-16/h5-6,11-12,16-17,20,22H,2-4,7-10,13-15H2,1H3. The van der Waals surface area contributed by atoms with Crippen molar-refractivity contribution in [2.75, 3.05) is 26.7 Å². The molecule has 1 N–H and O–H groups in total. The van der Waals surface area contributed by atoms with Gasteiger partial charge in [-0.2, -0.15) is 0 Å². The second-order valence-electron chi connectivity index (χ2n) is 7.46. The molecule has 1 aliphatic carbocycles. The van der Waals surface area contributed by atoms with E-state index < -0.39 is 6.10 Å². The lowest BCUT2D eigenvalue weighted by Gasteiger charge is -2.33. The van der Waals surface area contributed by atoms with Gasteiger partial charge >= 0.3 is 0 Å². The number of likely N-dealkylation sites (tertiary alicyclic amines) is 1. The molecule has 3 rings (SSSR count). The lowest BCUT2D eigenvalue weighted by Crippen LogP contribution is -2.35. The van der Waals surface area contributed by atoms with Crippen LogP contribution in [0.4, 0.5) is 0 Å². The highest BCUT2D eigenvalue weighted by atomic mass is 16.5. The van der Waals surface area contributed by atoms with Crippen LogP contribution in [0.2, 0.25) is 0 Å². The summed E-state index contributed by atoms with van der Waals surface area (Å²) in [6.45, 7) is 2.91. The number of piperidine rings is 1. The molecule has 2 aliphatic rings. The number of benzene rings is 1. The number of aliphatic hydroxyl groups is 1. The van der Waals surface area contributed by atoms with E-state index in [2.05, 4.69) is 11.9 Å². The van der Waals surface area contributed by atoms with E-state index in [-0.39, 0.29) is 0 Å². The van der Waals surface area contributed by atoms with Gasteiger partial charge in [-0.05, 0) is 51.3 Å². The molecule has 0 radical (unpaired) electrons. The number of ether oxygens (including phenoxy) is 1. The summed E-state index contributed by atoms with van der Waals surface area (Å²) in [6.07, 6.45) is 8.49. The first kappa shape index (κ1) is 16.8. The number of hydrogen-bond donors (Lipinski definition) is 1. The lowest BCUT2D eigenvalue weighted by molar-refractivity contribution is 0.0563. The van der Waals surface area contributed by atoms with Crippen LogP contribution in [0, 0.1) is 11.8 Å². The van der Waals surface area contributed by atoms with Crippen LogP contribution in [0.5, 0.6) is 5.75 Å². The molecule has 0 aromatic heterocycles. The van der Waals surface area contributed by atoms with Gasteiger partial charge in [0.15, 0.2) is 0 Å². The van der Waals surface area contributed by atoms with E-state index in [1.54, 1.807) is 0 Å². The third-order valence-electron chi connectivity index (χ3n) is 5.54. The minimum Gasteiger partial charge on any atom is -0.493 e. The molecule has 1 aromatic rings. The molecule has 2 atom stereocenters. The van der Waals surface area contributed by atoms with Crippen LogP contribution in [0.1, 0.15) is 56.6 Å². The second kappa shape index (κ2) is 8.16. The Morgan fingerprint density at radius 1 is 1.13 bits per heavy atom. The molecule has 0 spiro atoms. The van der Waals surface area contributed by atoms with Crippen molar-refractivity contribution in [3.8, 4) is 5.75 Å². The van der Waals surface area contributed by atoms with Gasteiger partial charge in [-0.3, -0.25) is 0 Å². The predicted octanol–water partition coefficient (Wildman–Crippen LogP) is 4.02. The molecule has 1 aromatic carbocycles. The van der Waals surface area contributed by atoms with Gasteiger partial charge in [0, 0.05) is 18.0 Å². The van der Waals surface area contributed by atoms with Crippen molar-refractivity contribution >= 4 is 0 Å². The monoisotopic (exact) mass is 317 g/mol. The summed E-state index contributed by atoms with van der Waals surface area (Å²) < 4.78 is 6.14. The molecule has 1 saturated carbocycles. The highest BCUT2D eigenvalue weighted by Crippen LogP contribution is 2.35. The molecule has 2 unspecified atom stereocenters. The van der Waals surface area contributed by atoms with Crippen molar-refractivity contribution in [1.29, 1.82) is 0 Å². The van der Waals surface area contributed by atoms with Gasteiger partial charge in [0.25, 0.3) is 0 Å². The van der Waals surface area contributed by atoms with Crippen LogP contribution in [-0.4, -0.2) is 36.8 Å². The quantitative estimate of drug-likeness (QED) is 0.890. The summed E-state index contributed by atoms with van der Waals surface area (Å²) >= 11 is 0. The highest BCUT2D eigenvalue weighted by molar-refractivity contribution is 5.35. The van der Waals surface area contributed by atoms with Crippen molar-refractivity contribution in [2.45, 2.75) is 51.0 Å². The molecular weight excluding hydrogens is 286 g/mol. The Morgan fingerprint density at radius 2 is 1.91 bits per heavy atom. The summed E-state index contributed by atoms with van der Waals surface area (Å²) in [6, 6.07) is 8.08. The molecule has 2 fully saturated rings. The van der Waals surface area contributed by atoms with E-state index in [9.17, 15) is 5.11 Å². The Hall–Kier alpha value is -1.06. The Bertz CT molecular complexity index is 484. The SMILES string of the molecule is CN1CCCC(C(O)c2ccccc2OCC2CCCCC2)C1. The molecule has 3 nitrogen and oxygen atoms in total. The Kier molecular flexibility index (Phi) is 5.96. The number of rotatable bonds is 5. The summed E-state index contributed by atoms with van der Waals surface area (Å²) in [4.78, 5) is 2.32. The van der Waals surface area contributed by atoms with E-state index in [0.29, 0.717) is 11.8 Å². The van der Waals surface area contributed by atoms with Crippen LogP contribution in [0.25, 0.3) is 0 Å². The number of aliphatic hydroxyl groups excluding tert-OH is 1. The molecule has 23 heavy (non-hydrogen) atoms. The minimum atomic E-state index is -0.416. The first-order valence-electron chi connectivity index (χ1n) is 9.32. The maximum Gasteiger partial charge on any atom is 0.125 e. The average Bonchev–Trinajstić information content (AvgIpc) is 2.60. The molecule has 128 valence electrons. The number of nitrogens with zero attached hydrogens (tertiary/aromatic N) is 1. The largest absolute Gasteiger partial charge is 0.493 e. The van der Waals surface area contributed by atoms with Gasteiger partial charge in [-0.1, -0.05) is 37.5 Å². The third kappa shape index (κ3) is 4.48. The first-order valence-corrected chi connectivity index (χ1v) is 9.32. The van der Waals surface area contributed by atoms with Crippen molar-refractivity contribution in [3.05, 3.63) is 29.8 Å². The number of hydrogen-bond acceptors (Lipinski definition) is 3. The smallest absolute Gasteiger partial charge is 0.125 e. The minimum absolute atomic E-state index is 0.313. The second-order valence-corrected chi connectivity index (χ2v) is 7.46. The van der Waals surface area contributed by atoms with Crippen LogP contribution < -0.4 is 4.74 Å². The number of para-hydroxylation sites is 1. The molecule has 0 bridgehead atoms. The van der Waals surface area contributed by atoms with E-state index in [4.69, 9.17) is 4.74 Å². The zero-order chi connectivity index (χ0) is 16.1. The van der Waals surface area contributed by atoms with Gasteiger partial charge in [0.05, 0.1) is 12.7 Å². The van der Waals surface area contributed by atoms with E-state index in [0.717, 1.165) is 37.4 Å². The van der Waals surface area contributed by atoms with Crippen molar-refractivity contribution in [1.82, 2.24) is 4.90 Å². The fourth-order valence-electron chi connectivity index (χ4n) is 4.14. The topological polar surface area (TPSA) is 32.7 Å². The predicted molar refractivity (Wildman–Crippen MR) is 93.7 cm³/mol. The first-order chi connectivity index (χ1) is 11.2. The summed E-state index contributed by atoms with van der Waals surface area (Å²) in [5, 5.41) is 10.9. The third-order valence-corrected chi connectivity index (χ3v) is 5.54. The summed E-state index contributed by atoms with van der Waals surface area (Å²) in [5.41, 5.74) is 0.976. The van der Waals surface area contributed by atoms with Crippen LogP contribution in [0.3, 0.4) is 0 Å². The summed E-state index contributed by atoms with van der Waals surface area (Å²) in [5.74, 6) is 1.89. The van der Waals surface area contributed by atoms with E-state index in [1.165, 1.54) is 38.5 Å². The molecule has 3 heteroatoms. The van der Waals surface area contributed by atoms with E-state index >= 15 is 0 Å². The summed E-state index contributed by atoms with van der Waals surface area (Å²) in [7, 11) is 2.14. The molecule has 1 heterocycles. The van der Waals surface area contributed by atoms with Crippen molar-refractivity contribution in [2.24, 2.45) is 11.8 Å². The average molecular weight is 317 g/mol. The van der Waals surface area contributed by atoms with Crippen LogP contribution >= 0.6 is 0 Å².